The molecule has 0 unspecified atom stereocenters. The normalized spacial score (nSPS) is 10.7. The van der Waals surface area contributed by atoms with E-state index in [1.807, 2.05) is 20.0 Å². The Morgan fingerprint density at radius 1 is 1.24 bits per heavy atom. The highest BCUT2D eigenvalue weighted by Gasteiger charge is 2.08. The minimum Gasteiger partial charge on any atom is -0.358 e. The van der Waals surface area contributed by atoms with E-state index in [2.05, 4.69) is 46.2 Å². The molecule has 0 aliphatic carbocycles. The Morgan fingerprint density at radius 3 is 2.53 bits per heavy atom. The summed E-state index contributed by atoms with van der Waals surface area (Å²) < 4.78 is 0. The Balaban J connectivity index is 2.76. The zero-order chi connectivity index (χ0) is 12.8. The van der Waals surface area contributed by atoms with Gasteiger partial charge in [-0.05, 0) is 27.9 Å². The van der Waals surface area contributed by atoms with Gasteiger partial charge in [0.15, 0.2) is 0 Å². The fourth-order valence-electron chi connectivity index (χ4n) is 1.52. The molecule has 0 saturated heterocycles. The fourth-order valence-corrected chi connectivity index (χ4v) is 1.52. The van der Waals surface area contributed by atoms with Gasteiger partial charge < -0.3 is 15.1 Å². The van der Waals surface area contributed by atoms with E-state index in [1.165, 1.54) is 0 Å². The average molecular weight is 237 g/mol. The van der Waals surface area contributed by atoms with E-state index in [-0.39, 0.29) is 0 Å². The summed E-state index contributed by atoms with van der Waals surface area (Å²) in [7, 11) is 6.21. The van der Waals surface area contributed by atoms with Crippen LogP contribution in [0.1, 0.15) is 12.5 Å². The van der Waals surface area contributed by atoms with E-state index >= 15 is 0 Å². The second-order valence-electron chi connectivity index (χ2n) is 4.46. The SMILES string of the molecule is CCNc1ncc(C)c(N(C)CCN(C)C)n1. The van der Waals surface area contributed by atoms with Gasteiger partial charge in [0.1, 0.15) is 5.82 Å². The molecule has 0 atom stereocenters. The van der Waals surface area contributed by atoms with Crippen molar-refractivity contribution < 1.29 is 0 Å². The first-order valence-electron chi connectivity index (χ1n) is 5.98. The number of hydrogen-bond acceptors (Lipinski definition) is 5. The number of nitrogens with zero attached hydrogens (tertiary/aromatic N) is 4. The van der Waals surface area contributed by atoms with Crippen molar-refractivity contribution in [1.82, 2.24) is 14.9 Å². The Labute approximate surface area is 104 Å². The summed E-state index contributed by atoms with van der Waals surface area (Å²) in [6.07, 6.45) is 1.87. The van der Waals surface area contributed by atoms with E-state index < -0.39 is 0 Å². The van der Waals surface area contributed by atoms with Crippen molar-refractivity contribution in [2.24, 2.45) is 0 Å². The molecule has 0 amide bonds. The summed E-state index contributed by atoms with van der Waals surface area (Å²) in [6.45, 7) is 6.88. The highest BCUT2D eigenvalue weighted by atomic mass is 15.2. The summed E-state index contributed by atoms with van der Waals surface area (Å²) in [5.41, 5.74) is 1.10. The number of likely N-dealkylation sites (N-methyl/N-ethyl adjacent to an activating group) is 2. The molecular weight excluding hydrogens is 214 g/mol. The monoisotopic (exact) mass is 237 g/mol. The van der Waals surface area contributed by atoms with Crippen LogP contribution in [-0.2, 0) is 0 Å². The van der Waals surface area contributed by atoms with Crippen LogP contribution >= 0.6 is 0 Å². The van der Waals surface area contributed by atoms with Crippen molar-refractivity contribution in [2.45, 2.75) is 13.8 Å². The molecule has 5 heteroatoms. The first-order chi connectivity index (χ1) is 8.04. The molecule has 1 heterocycles. The van der Waals surface area contributed by atoms with Crippen LogP contribution in [0.3, 0.4) is 0 Å². The van der Waals surface area contributed by atoms with E-state index in [9.17, 15) is 0 Å². The summed E-state index contributed by atoms with van der Waals surface area (Å²) in [6, 6.07) is 0. The summed E-state index contributed by atoms with van der Waals surface area (Å²) >= 11 is 0. The Bertz CT molecular complexity index is 351. The van der Waals surface area contributed by atoms with E-state index in [0.29, 0.717) is 5.95 Å². The van der Waals surface area contributed by atoms with Gasteiger partial charge in [0.2, 0.25) is 5.95 Å². The van der Waals surface area contributed by atoms with E-state index in [4.69, 9.17) is 0 Å². The van der Waals surface area contributed by atoms with Gasteiger partial charge >= 0.3 is 0 Å². The van der Waals surface area contributed by atoms with Gasteiger partial charge in [0.05, 0.1) is 0 Å². The first-order valence-corrected chi connectivity index (χ1v) is 5.98. The molecule has 0 radical (unpaired) electrons. The predicted molar refractivity (Wildman–Crippen MR) is 72.8 cm³/mol. The molecule has 5 nitrogen and oxygen atoms in total. The summed E-state index contributed by atoms with van der Waals surface area (Å²) in [5.74, 6) is 1.70. The van der Waals surface area contributed by atoms with Crippen LogP contribution in [0.4, 0.5) is 11.8 Å². The van der Waals surface area contributed by atoms with Gasteiger partial charge in [0.25, 0.3) is 0 Å². The van der Waals surface area contributed by atoms with E-state index in [0.717, 1.165) is 31.0 Å². The Kier molecular flexibility index (Phi) is 5.15. The molecule has 0 fully saturated rings. The molecule has 1 aromatic heterocycles. The van der Waals surface area contributed by atoms with Gasteiger partial charge in [-0.2, -0.15) is 4.98 Å². The number of hydrogen-bond donors (Lipinski definition) is 1. The smallest absolute Gasteiger partial charge is 0.224 e. The van der Waals surface area contributed by atoms with Crippen LogP contribution in [0.5, 0.6) is 0 Å². The largest absolute Gasteiger partial charge is 0.358 e. The zero-order valence-corrected chi connectivity index (χ0v) is 11.5. The number of anilines is 2. The zero-order valence-electron chi connectivity index (χ0n) is 11.5. The van der Waals surface area contributed by atoms with Crippen LogP contribution in [-0.4, -0.2) is 55.6 Å². The molecule has 1 rings (SSSR count). The van der Waals surface area contributed by atoms with E-state index in [1.54, 1.807) is 0 Å². The number of rotatable bonds is 6. The number of aromatic nitrogens is 2. The Hall–Kier alpha value is -1.36. The maximum atomic E-state index is 4.53. The molecule has 0 aromatic carbocycles. The molecule has 0 spiro atoms. The van der Waals surface area contributed by atoms with Gasteiger partial charge in [-0.1, -0.05) is 0 Å². The first kappa shape index (κ1) is 13.7. The molecule has 0 aliphatic rings. The second kappa shape index (κ2) is 6.39. The number of nitrogens with one attached hydrogen (secondary N) is 1. The molecular formula is C12H23N5. The molecule has 0 bridgehead atoms. The Morgan fingerprint density at radius 2 is 1.94 bits per heavy atom. The quantitative estimate of drug-likeness (QED) is 0.806. The lowest BCUT2D eigenvalue weighted by Crippen LogP contribution is -2.29. The highest BCUT2D eigenvalue weighted by Crippen LogP contribution is 2.16. The van der Waals surface area contributed by atoms with Crippen molar-refractivity contribution >= 4 is 11.8 Å². The van der Waals surface area contributed by atoms with Gasteiger partial charge in [-0.25, -0.2) is 4.98 Å². The number of aryl methyl sites for hydroxylation is 1. The van der Waals surface area contributed by atoms with Crippen molar-refractivity contribution in [3.8, 4) is 0 Å². The maximum Gasteiger partial charge on any atom is 0.224 e. The van der Waals surface area contributed by atoms with Crippen LogP contribution in [0.25, 0.3) is 0 Å². The standard InChI is InChI=1S/C12H23N5/c1-6-13-12-14-9-10(2)11(15-12)17(5)8-7-16(3)4/h9H,6-8H2,1-5H3,(H,13,14,15). The molecule has 0 saturated carbocycles. The second-order valence-corrected chi connectivity index (χ2v) is 4.46. The van der Waals surface area contributed by atoms with Gasteiger partial charge in [-0.3, -0.25) is 0 Å². The lowest BCUT2D eigenvalue weighted by Gasteiger charge is -2.22. The van der Waals surface area contributed by atoms with Gasteiger partial charge in [-0.15, -0.1) is 0 Å². The topological polar surface area (TPSA) is 44.3 Å². The summed E-state index contributed by atoms with van der Waals surface area (Å²) in [4.78, 5) is 13.1. The molecule has 1 N–H and O–H groups in total. The predicted octanol–water partition coefficient (Wildman–Crippen LogP) is 1.21. The average Bonchev–Trinajstić information content (AvgIpc) is 2.29. The highest BCUT2D eigenvalue weighted by molar-refractivity contribution is 5.48. The minimum absolute atomic E-state index is 0.699. The molecule has 0 aliphatic heterocycles. The molecule has 96 valence electrons. The van der Waals surface area contributed by atoms with Crippen molar-refractivity contribution in [3.05, 3.63) is 11.8 Å². The van der Waals surface area contributed by atoms with Crippen LogP contribution < -0.4 is 10.2 Å². The van der Waals surface area contributed by atoms with Crippen molar-refractivity contribution in [3.63, 3.8) is 0 Å². The lowest BCUT2D eigenvalue weighted by molar-refractivity contribution is 0.416. The van der Waals surface area contributed by atoms with Crippen LogP contribution in [0.15, 0.2) is 6.20 Å². The maximum absolute atomic E-state index is 4.53. The van der Waals surface area contributed by atoms with Gasteiger partial charge in [0, 0.05) is 38.4 Å². The molecule has 1 aromatic rings. The lowest BCUT2D eigenvalue weighted by atomic mass is 10.3. The summed E-state index contributed by atoms with van der Waals surface area (Å²) in [5, 5.41) is 3.14. The van der Waals surface area contributed by atoms with Crippen molar-refractivity contribution in [2.75, 3.05) is 51.0 Å². The van der Waals surface area contributed by atoms with Crippen LogP contribution in [0, 0.1) is 6.92 Å². The molecule has 17 heavy (non-hydrogen) atoms. The third-order valence-electron chi connectivity index (χ3n) is 2.52. The fraction of sp³-hybridized carbons (Fsp3) is 0.667. The van der Waals surface area contributed by atoms with Crippen LogP contribution in [0.2, 0.25) is 0 Å². The van der Waals surface area contributed by atoms with Crippen molar-refractivity contribution in [1.29, 1.82) is 0 Å². The third kappa shape index (κ3) is 4.19. The third-order valence-corrected chi connectivity index (χ3v) is 2.52. The minimum atomic E-state index is 0.699.